The molecule has 1 atom stereocenters. The molecular formula is C23H24ClN5O4S2. The third kappa shape index (κ3) is 7.81. The van der Waals surface area contributed by atoms with E-state index in [2.05, 4.69) is 20.3 Å². The minimum absolute atomic E-state index is 0.263. The van der Waals surface area contributed by atoms with E-state index in [9.17, 15) is 18.0 Å². The van der Waals surface area contributed by atoms with E-state index in [0.717, 1.165) is 6.26 Å². The van der Waals surface area contributed by atoms with Crippen molar-refractivity contribution in [3.8, 4) is 0 Å². The second kappa shape index (κ2) is 11.3. The molecule has 2 aromatic carbocycles. The van der Waals surface area contributed by atoms with Gasteiger partial charge in [-0.3, -0.25) is 10.1 Å². The van der Waals surface area contributed by atoms with Crippen LogP contribution in [-0.2, 0) is 14.8 Å². The summed E-state index contributed by atoms with van der Waals surface area (Å²) in [7, 11) is -0.226. The number of thiophene rings is 1. The van der Waals surface area contributed by atoms with E-state index in [4.69, 9.17) is 11.6 Å². The third-order valence-corrected chi connectivity index (χ3v) is 6.22. The molecule has 3 aromatic rings. The minimum atomic E-state index is -3.60. The first-order valence-corrected chi connectivity index (χ1v) is 13.3. The molecular weight excluding hydrogens is 510 g/mol. The van der Waals surface area contributed by atoms with Crippen LogP contribution in [-0.4, -0.2) is 51.4 Å². The van der Waals surface area contributed by atoms with Crippen LogP contribution in [0.25, 0.3) is 0 Å². The molecule has 0 aliphatic rings. The number of nitrogens with one attached hydrogen (secondary N) is 3. The number of hydrogen-bond donors (Lipinski definition) is 3. The van der Waals surface area contributed by atoms with Crippen LogP contribution in [0.3, 0.4) is 0 Å². The summed E-state index contributed by atoms with van der Waals surface area (Å²) in [6.07, 6.45) is 1.02. The smallest absolute Gasteiger partial charge is 0.320 e. The molecule has 9 nitrogen and oxygen atoms in total. The average Bonchev–Trinajstić information content (AvgIpc) is 3.20. The molecule has 184 valence electrons. The van der Waals surface area contributed by atoms with Crippen LogP contribution in [0.1, 0.15) is 17.2 Å². The molecule has 3 N–H and O–H groups in total. The number of anilines is 2. The Bertz CT molecular complexity index is 1320. The van der Waals surface area contributed by atoms with Crippen LogP contribution in [0.2, 0.25) is 4.34 Å². The lowest BCUT2D eigenvalue weighted by Crippen LogP contribution is -2.39. The fourth-order valence-corrected chi connectivity index (χ4v) is 4.59. The van der Waals surface area contributed by atoms with Gasteiger partial charge in [0.1, 0.15) is 11.9 Å². The SMILES string of the molecule is CN(C)/C(=N/S(C)(=O)=O)c1ccc(NC(=O)C(NC(=O)Nc2ccc(Cl)s2)c2ccccc2)cc1. The molecule has 35 heavy (non-hydrogen) atoms. The molecule has 0 aliphatic heterocycles. The maximum Gasteiger partial charge on any atom is 0.320 e. The van der Waals surface area contributed by atoms with Crippen molar-refractivity contribution in [2.75, 3.05) is 31.0 Å². The second-order valence-electron chi connectivity index (χ2n) is 7.65. The molecule has 0 saturated carbocycles. The highest BCUT2D eigenvalue weighted by molar-refractivity contribution is 7.89. The van der Waals surface area contributed by atoms with Gasteiger partial charge >= 0.3 is 6.03 Å². The molecule has 0 bridgehead atoms. The topological polar surface area (TPSA) is 120 Å². The number of amidine groups is 1. The van der Waals surface area contributed by atoms with Gasteiger partial charge in [0.25, 0.3) is 15.9 Å². The van der Waals surface area contributed by atoms with Crippen LogP contribution in [0.15, 0.2) is 71.1 Å². The molecule has 3 amide bonds. The highest BCUT2D eigenvalue weighted by Crippen LogP contribution is 2.26. The zero-order valence-corrected chi connectivity index (χ0v) is 21.5. The van der Waals surface area contributed by atoms with Gasteiger partial charge in [-0.15, -0.1) is 15.7 Å². The van der Waals surface area contributed by atoms with Gasteiger partial charge in [0, 0.05) is 25.3 Å². The Labute approximate surface area is 212 Å². The largest absolute Gasteiger partial charge is 0.362 e. The number of urea groups is 1. The Morgan fingerprint density at radius 2 is 1.63 bits per heavy atom. The summed E-state index contributed by atoms with van der Waals surface area (Å²) in [4.78, 5) is 27.3. The van der Waals surface area contributed by atoms with Gasteiger partial charge < -0.3 is 15.5 Å². The molecule has 1 aromatic heterocycles. The highest BCUT2D eigenvalue weighted by atomic mass is 35.5. The predicted molar refractivity (Wildman–Crippen MR) is 141 cm³/mol. The molecule has 1 unspecified atom stereocenters. The van der Waals surface area contributed by atoms with E-state index in [-0.39, 0.29) is 5.84 Å². The fraction of sp³-hybridized carbons (Fsp3) is 0.174. The van der Waals surface area contributed by atoms with Crippen LogP contribution in [0.4, 0.5) is 15.5 Å². The summed E-state index contributed by atoms with van der Waals surface area (Å²) in [5.74, 6) is -0.194. The second-order valence-corrected chi connectivity index (χ2v) is 11.0. The molecule has 0 spiro atoms. The van der Waals surface area contributed by atoms with E-state index in [1.54, 1.807) is 79.7 Å². The van der Waals surface area contributed by atoms with Crippen LogP contribution >= 0.6 is 22.9 Å². The Kier molecular flexibility index (Phi) is 8.49. The molecule has 1 heterocycles. The molecule has 0 fully saturated rings. The van der Waals surface area contributed by atoms with Crippen molar-refractivity contribution >= 4 is 61.4 Å². The van der Waals surface area contributed by atoms with Crippen LogP contribution in [0.5, 0.6) is 0 Å². The van der Waals surface area contributed by atoms with Crippen molar-refractivity contribution in [1.82, 2.24) is 10.2 Å². The lowest BCUT2D eigenvalue weighted by molar-refractivity contribution is -0.118. The van der Waals surface area contributed by atoms with Gasteiger partial charge in [0.15, 0.2) is 0 Å². The zero-order valence-electron chi connectivity index (χ0n) is 19.2. The Morgan fingerprint density at radius 1 is 0.971 bits per heavy atom. The summed E-state index contributed by atoms with van der Waals surface area (Å²) >= 11 is 7.11. The maximum atomic E-state index is 13.1. The van der Waals surface area contributed by atoms with Crippen LogP contribution in [0, 0.1) is 0 Å². The summed E-state index contributed by atoms with van der Waals surface area (Å²) < 4.78 is 27.6. The number of nitrogens with zero attached hydrogens (tertiary/aromatic N) is 2. The molecule has 0 radical (unpaired) electrons. The fourth-order valence-electron chi connectivity index (χ4n) is 3.07. The van der Waals surface area contributed by atoms with Crippen molar-refractivity contribution in [2.45, 2.75) is 6.04 Å². The number of carbonyl (C=O) groups excluding carboxylic acids is 2. The third-order valence-electron chi connectivity index (χ3n) is 4.57. The number of halogens is 1. The number of rotatable bonds is 7. The van der Waals surface area contributed by atoms with E-state index < -0.39 is 28.0 Å². The van der Waals surface area contributed by atoms with Crippen molar-refractivity contribution < 1.29 is 18.0 Å². The van der Waals surface area contributed by atoms with E-state index in [1.165, 1.54) is 11.3 Å². The standard InChI is InChI=1S/C23H24ClN5O4S2/c1-29(2)21(28-35(3,32)33)16-9-11-17(12-10-16)25-22(30)20(15-7-5-4-6-8-15)27-23(31)26-19-14-13-18(24)34-19/h4-14,20H,1-3H3,(H,25,30)(H2,26,27,31)/b28-21+. The van der Waals surface area contributed by atoms with E-state index in [0.29, 0.717) is 26.2 Å². The molecule has 12 heteroatoms. The summed E-state index contributed by atoms with van der Waals surface area (Å²) in [6.45, 7) is 0. The number of carbonyl (C=O) groups is 2. The molecule has 0 saturated heterocycles. The van der Waals surface area contributed by atoms with Gasteiger partial charge in [-0.2, -0.15) is 0 Å². The van der Waals surface area contributed by atoms with Crippen molar-refractivity contribution in [3.63, 3.8) is 0 Å². The number of benzene rings is 2. The maximum absolute atomic E-state index is 13.1. The van der Waals surface area contributed by atoms with Gasteiger partial charge in [-0.05, 0) is 42.0 Å². The zero-order chi connectivity index (χ0) is 25.6. The summed E-state index contributed by atoms with van der Waals surface area (Å²) in [5.41, 5.74) is 1.62. The first kappa shape index (κ1) is 26.2. The minimum Gasteiger partial charge on any atom is -0.362 e. The first-order chi connectivity index (χ1) is 16.5. The Balaban J connectivity index is 1.78. The lowest BCUT2D eigenvalue weighted by Gasteiger charge is -2.19. The first-order valence-electron chi connectivity index (χ1n) is 10.3. The predicted octanol–water partition coefficient (Wildman–Crippen LogP) is 4.17. The highest BCUT2D eigenvalue weighted by Gasteiger charge is 2.23. The van der Waals surface area contributed by atoms with E-state index in [1.807, 2.05) is 6.07 Å². The number of sulfonamides is 1. The van der Waals surface area contributed by atoms with Gasteiger partial charge in [0.2, 0.25) is 0 Å². The molecule has 0 aliphatic carbocycles. The average molecular weight is 534 g/mol. The van der Waals surface area contributed by atoms with Crippen LogP contribution < -0.4 is 16.0 Å². The normalized spacial score (nSPS) is 12.5. The monoisotopic (exact) mass is 533 g/mol. The summed E-state index contributed by atoms with van der Waals surface area (Å²) in [6, 6.07) is 17.2. The lowest BCUT2D eigenvalue weighted by atomic mass is 10.1. The summed E-state index contributed by atoms with van der Waals surface area (Å²) in [5, 5.41) is 8.69. The Hall–Kier alpha value is -3.41. The van der Waals surface area contributed by atoms with Gasteiger partial charge in [-0.1, -0.05) is 41.9 Å². The van der Waals surface area contributed by atoms with E-state index >= 15 is 0 Å². The van der Waals surface area contributed by atoms with Gasteiger partial charge in [0.05, 0.1) is 15.6 Å². The molecule has 3 rings (SSSR count). The van der Waals surface area contributed by atoms with Crippen molar-refractivity contribution in [1.29, 1.82) is 0 Å². The quantitative estimate of drug-likeness (QED) is 0.311. The number of hydrogen-bond acceptors (Lipinski definition) is 5. The number of amides is 3. The van der Waals surface area contributed by atoms with Crippen molar-refractivity contribution in [2.24, 2.45) is 4.40 Å². The van der Waals surface area contributed by atoms with Gasteiger partial charge in [-0.25, -0.2) is 13.2 Å². The van der Waals surface area contributed by atoms with Crippen molar-refractivity contribution in [3.05, 3.63) is 82.2 Å². The Morgan fingerprint density at radius 3 is 2.17 bits per heavy atom.